The van der Waals surface area contributed by atoms with Gasteiger partial charge in [0.05, 0.1) is 5.35 Å². The first-order chi connectivity index (χ1) is 6.16. The average molecular weight is 173 g/mol. The number of Topliss-reactive ketones (excluding diaryl/α,β-unsaturated/α-hetero) is 1. The van der Waals surface area contributed by atoms with Gasteiger partial charge < -0.3 is 0 Å². The SMILES string of the molecule is C=C/C(C(C)=O)=c1/ncccc1=C. The fourth-order valence-electron chi connectivity index (χ4n) is 1.09. The summed E-state index contributed by atoms with van der Waals surface area (Å²) in [7, 11) is 0. The number of hydrogen-bond acceptors (Lipinski definition) is 2. The number of hydrogen-bond donors (Lipinski definition) is 0. The van der Waals surface area contributed by atoms with Gasteiger partial charge in [0.15, 0.2) is 5.78 Å². The molecule has 0 unspecified atom stereocenters. The highest BCUT2D eigenvalue weighted by Gasteiger charge is 2.00. The molecule has 0 bridgehead atoms. The second kappa shape index (κ2) is 3.81. The minimum atomic E-state index is -0.0430. The number of allylic oxidation sites excluding steroid dienone is 1. The van der Waals surface area contributed by atoms with E-state index in [0.29, 0.717) is 10.9 Å². The number of carbonyl (C=O) groups excluding carboxylic acids is 1. The summed E-state index contributed by atoms with van der Waals surface area (Å²) in [6.45, 7) is 8.85. The van der Waals surface area contributed by atoms with Crippen LogP contribution in [-0.2, 0) is 4.79 Å². The Kier molecular flexibility index (Phi) is 2.75. The molecule has 0 aliphatic carbocycles. The number of pyridine rings is 1. The van der Waals surface area contributed by atoms with Crippen molar-refractivity contribution in [1.82, 2.24) is 4.98 Å². The minimum Gasteiger partial charge on any atom is -0.294 e. The zero-order chi connectivity index (χ0) is 9.84. The lowest BCUT2D eigenvalue weighted by atomic mass is 10.1. The van der Waals surface area contributed by atoms with Crippen LogP contribution in [0, 0.1) is 0 Å². The van der Waals surface area contributed by atoms with E-state index in [4.69, 9.17) is 0 Å². The van der Waals surface area contributed by atoms with Gasteiger partial charge >= 0.3 is 0 Å². The second-order valence-corrected chi connectivity index (χ2v) is 2.69. The molecule has 0 N–H and O–H groups in total. The van der Waals surface area contributed by atoms with Crippen molar-refractivity contribution in [2.24, 2.45) is 0 Å². The topological polar surface area (TPSA) is 30.0 Å². The molecule has 2 heteroatoms. The maximum Gasteiger partial charge on any atom is 0.161 e. The lowest BCUT2D eigenvalue weighted by Gasteiger charge is -1.94. The van der Waals surface area contributed by atoms with Gasteiger partial charge in [0, 0.05) is 11.8 Å². The number of rotatable bonds is 2. The maximum absolute atomic E-state index is 11.2. The smallest absolute Gasteiger partial charge is 0.161 e. The molecule has 0 aliphatic rings. The first-order valence-electron chi connectivity index (χ1n) is 3.94. The van der Waals surface area contributed by atoms with Crippen LogP contribution in [-0.4, -0.2) is 10.8 Å². The van der Waals surface area contributed by atoms with Crippen LogP contribution in [0.3, 0.4) is 0 Å². The van der Waals surface area contributed by atoms with Crippen molar-refractivity contribution in [1.29, 1.82) is 0 Å². The monoisotopic (exact) mass is 173 g/mol. The number of nitrogens with zero attached hydrogens (tertiary/aromatic N) is 1. The van der Waals surface area contributed by atoms with Crippen LogP contribution in [0.4, 0.5) is 0 Å². The fraction of sp³-hybridized carbons (Fsp3) is 0.0909. The van der Waals surface area contributed by atoms with E-state index >= 15 is 0 Å². The van der Waals surface area contributed by atoms with Crippen molar-refractivity contribution in [3.8, 4) is 0 Å². The van der Waals surface area contributed by atoms with Gasteiger partial charge in [-0.3, -0.25) is 9.78 Å². The van der Waals surface area contributed by atoms with E-state index in [1.165, 1.54) is 13.0 Å². The van der Waals surface area contributed by atoms with Crippen LogP contribution in [0.15, 0.2) is 31.0 Å². The van der Waals surface area contributed by atoms with Gasteiger partial charge in [-0.15, -0.1) is 0 Å². The highest BCUT2D eigenvalue weighted by molar-refractivity contribution is 6.16. The summed E-state index contributed by atoms with van der Waals surface area (Å²) in [4.78, 5) is 15.2. The first-order valence-corrected chi connectivity index (χ1v) is 3.94. The second-order valence-electron chi connectivity index (χ2n) is 2.69. The van der Waals surface area contributed by atoms with E-state index in [1.54, 1.807) is 12.3 Å². The molecule has 0 spiro atoms. The van der Waals surface area contributed by atoms with Gasteiger partial charge in [0.25, 0.3) is 0 Å². The Bertz CT molecular complexity index is 445. The Labute approximate surface area is 76.9 Å². The highest BCUT2D eigenvalue weighted by atomic mass is 16.1. The van der Waals surface area contributed by atoms with Crippen molar-refractivity contribution >= 4 is 17.9 Å². The van der Waals surface area contributed by atoms with E-state index in [-0.39, 0.29) is 5.78 Å². The first kappa shape index (κ1) is 9.39. The van der Waals surface area contributed by atoms with Crippen molar-refractivity contribution in [2.45, 2.75) is 6.92 Å². The molecule has 66 valence electrons. The lowest BCUT2D eigenvalue weighted by Crippen LogP contribution is -2.30. The van der Waals surface area contributed by atoms with Crippen LogP contribution < -0.4 is 10.6 Å². The molecular weight excluding hydrogens is 162 g/mol. The molecule has 1 aromatic heterocycles. The van der Waals surface area contributed by atoms with Crippen LogP contribution >= 0.6 is 0 Å². The maximum atomic E-state index is 11.2. The highest BCUT2D eigenvalue weighted by Crippen LogP contribution is 1.92. The standard InChI is InChI=1S/C11H11NO/c1-4-10(9(3)13)11-8(2)6-5-7-12-11/h4-7H,1-2H2,3H3/b11-10-. The molecule has 0 saturated carbocycles. The van der Waals surface area contributed by atoms with E-state index in [1.807, 2.05) is 6.07 Å². The Morgan fingerprint density at radius 3 is 2.77 bits per heavy atom. The molecule has 1 rings (SSSR count). The van der Waals surface area contributed by atoms with Gasteiger partial charge in [0.1, 0.15) is 0 Å². The molecule has 0 aromatic carbocycles. The quantitative estimate of drug-likeness (QED) is 0.648. The Morgan fingerprint density at radius 1 is 1.62 bits per heavy atom. The molecular formula is C11H11NO. The summed E-state index contributed by atoms with van der Waals surface area (Å²) >= 11 is 0. The molecule has 1 aromatic rings. The number of ketones is 1. The van der Waals surface area contributed by atoms with Crippen molar-refractivity contribution in [3.05, 3.63) is 41.6 Å². The van der Waals surface area contributed by atoms with E-state index in [9.17, 15) is 4.79 Å². The molecule has 0 fully saturated rings. The normalized spacial score (nSPS) is 12.1. The van der Waals surface area contributed by atoms with Gasteiger partial charge in [-0.2, -0.15) is 0 Å². The molecule has 0 aliphatic heterocycles. The van der Waals surface area contributed by atoms with Crippen molar-refractivity contribution in [3.63, 3.8) is 0 Å². The average Bonchev–Trinajstić information content (AvgIpc) is 2.09. The van der Waals surface area contributed by atoms with Crippen molar-refractivity contribution in [2.75, 3.05) is 0 Å². The zero-order valence-electron chi connectivity index (χ0n) is 7.58. The summed E-state index contributed by atoms with van der Waals surface area (Å²) in [6, 6.07) is 3.60. The predicted octanol–water partition coefficient (Wildman–Crippen LogP) is 0.418. The molecule has 1 heterocycles. The van der Waals surface area contributed by atoms with E-state index < -0.39 is 0 Å². The third-order valence-electron chi connectivity index (χ3n) is 1.73. The van der Waals surface area contributed by atoms with Crippen LogP contribution in [0.2, 0.25) is 0 Å². The van der Waals surface area contributed by atoms with Gasteiger partial charge in [-0.1, -0.05) is 25.3 Å². The van der Waals surface area contributed by atoms with Crippen LogP contribution in [0.1, 0.15) is 6.92 Å². The van der Waals surface area contributed by atoms with Gasteiger partial charge in [-0.25, -0.2) is 0 Å². The molecule has 2 nitrogen and oxygen atoms in total. The van der Waals surface area contributed by atoms with E-state index in [2.05, 4.69) is 18.1 Å². The molecule has 13 heavy (non-hydrogen) atoms. The van der Waals surface area contributed by atoms with E-state index in [0.717, 1.165) is 5.22 Å². The Morgan fingerprint density at radius 2 is 2.31 bits per heavy atom. The third kappa shape index (κ3) is 1.90. The Hall–Kier alpha value is -1.70. The summed E-state index contributed by atoms with van der Waals surface area (Å²) in [5, 5.41) is 1.36. The Balaban J connectivity index is 3.65. The number of aromatic nitrogens is 1. The summed E-state index contributed by atoms with van der Waals surface area (Å²) in [5.74, 6) is -0.0430. The molecule has 0 saturated heterocycles. The van der Waals surface area contributed by atoms with Gasteiger partial charge in [-0.05, 0) is 18.2 Å². The van der Waals surface area contributed by atoms with Crippen LogP contribution in [0.25, 0.3) is 12.2 Å². The lowest BCUT2D eigenvalue weighted by molar-refractivity contribution is -0.111. The predicted molar refractivity (Wildman–Crippen MR) is 53.3 cm³/mol. The minimum absolute atomic E-state index is 0.0430. The molecule has 0 atom stereocenters. The summed E-state index contributed by atoms with van der Waals surface area (Å²) in [6.07, 6.45) is 3.15. The fourth-order valence-corrected chi connectivity index (χ4v) is 1.09. The van der Waals surface area contributed by atoms with Crippen molar-refractivity contribution < 1.29 is 4.79 Å². The summed E-state index contributed by atoms with van der Waals surface area (Å²) in [5.41, 5.74) is 0.519. The number of carbonyl (C=O) groups is 1. The van der Waals surface area contributed by atoms with Gasteiger partial charge in [0.2, 0.25) is 0 Å². The molecule has 0 amide bonds. The third-order valence-corrected chi connectivity index (χ3v) is 1.73. The zero-order valence-corrected chi connectivity index (χ0v) is 7.58. The molecule has 0 radical (unpaired) electrons. The largest absolute Gasteiger partial charge is 0.294 e. The summed E-state index contributed by atoms with van der Waals surface area (Å²) < 4.78 is 0. The van der Waals surface area contributed by atoms with Crippen LogP contribution in [0.5, 0.6) is 0 Å².